The summed E-state index contributed by atoms with van der Waals surface area (Å²) in [5.41, 5.74) is 2.28. The van der Waals surface area contributed by atoms with Gasteiger partial charge in [-0.2, -0.15) is 0 Å². The highest BCUT2D eigenvalue weighted by Crippen LogP contribution is 2.25. The molecule has 4 nitrogen and oxygen atoms in total. The van der Waals surface area contributed by atoms with Crippen LogP contribution in [0.4, 0.5) is 0 Å². The number of rotatable bonds is 12. The lowest BCUT2D eigenvalue weighted by Crippen LogP contribution is -2.12. The summed E-state index contributed by atoms with van der Waals surface area (Å²) in [5.74, 6) is 1.69. The Kier molecular flexibility index (Phi) is 9.01. The van der Waals surface area contributed by atoms with Crippen molar-refractivity contribution in [3.8, 4) is 22.6 Å². The zero-order valence-electron chi connectivity index (χ0n) is 15.6. The van der Waals surface area contributed by atoms with E-state index in [0.717, 1.165) is 54.9 Å². The van der Waals surface area contributed by atoms with E-state index in [9.17, 15) is 0 Å². The van der Waals surface area contributed by atoms with Crippen LogP contribution in [0, 0.1) is 5.92 Å². The predicted octanol–water partition coefficient (Wildman–Crippen LogP) is 4.29. The molecule has 4 heteroatoms. The Labute approximate surface area is 156 Å². The lowest BCUT2D eigenvalue weighted by molar-refractivity contribution is 0.137. The summed E-state index contributed by atoms with van der Waals surface area (Å²) in [4.78, 5) is 0. The predicted molar refractivity (Wildman–Crippen MR) is 105 cm³/mol. The molecule has 0 unspecified atom stereocenters. The summed E-state index contributed by atoms with van der Waals surface area (Å²) in [5, 5.41) is 18.1. The fourth-order valence-corrected chi connectivity index (χ4v) is 2.62. The van der Waals surface area contributed by atoms with E-state index >= 15 is 0 Å². The molecule has 0 aromatic heterocycles. The first-order valence-electron chi connectivity index (χ1n) is 9.44. The summed E-state index contributed by atoms with van der Waals surface area (Å²) in [6.07, 6.45) is 3.78. The largest absolute Gasteiger partial charge is 0.494 e. The first-order valence-corrected chi connectivity index (χ1v) is 9.44. The van der Waals surface area contributed by atoms with Gasteiger partial charge < -0.3 is 19.7 Å². The van der Waals surface area contributed by atoms with Crippen LogP contribution in [0.3, 0.4) is 0 Å². The van der Waals surface area contributed by atoms with E-state index in [-0.39, 0.29) is 19.1 Å². The van der Waals surface area contributed by atoms with Crippen molar-refractivity contribution in [2.24, 2.45) is 5.92 Å². The van der Waals surface area contributed by atoms with Gasteiger partial charge in [-0.25, -0.2) is 0 Å². The highest BCUT2D eigenvalue weighted by molar-refractivity contribution is 5.64. The van der Waals surface area contributed by atoms with Crippen molar-refractivity contribution in [3.63, 3.8) is 0 Å². The van der Waals surface area contributed by atoms with Gasteiger partial charge in [-0.15, -0.1) is 0 Å². The second-order valence-electron chi connectivity index (χ2n) is 6.47. The van der Waals surface area contributed by atoms with Crippen LogP contribution in [-0.4, -0.2) is 36.6 Å². The summed E-state index contributed by atoms with van der Waals surface area (Å²) in [6, 6.07) is 16.2. The van der Waals surface area contributed by atoms with Crippen LogP contribution in [0.2, 0.25) is 0 Å². The molecule has 2 rings (SSSR count). The van der Waals surface area contributed by atoms with Crippen LogP contribution in [0.15, 0.2) is 48.5 Å². The number of aliphatic hydroxyl groups excluding tert-OH is 2. The van der Waals surface area contributed by atoms with Crippen LogP contribution < -0.4 is 9.47 Å². The second kappa shape index (κ2) is 11.6. The minimum absolute atomic E-state index is 0.0215. The Morgan fingerprint density at radius 1 is 0.731 bits per heavy atom. The van der Waals surface area contributed by atoms with Crippen LogP contribution in [-0.2, 0) is 0 Å². The molecule has 2 N–H and O–H groups in total. The molecule has 26 heavy (non-hydrogen) atoms. The van der Waals surface area contributed by atoms with Crippen molar-refractivity contribution < 1.29 is 19.7 Å². The first-order chi connectivity index (χ1) is 12.8. The Bertz CT molecular complexity index is 603. The number of aliphatic hydroxyl groups is 2. The van der Waals surface area contributed by atoms with Gasteiger partial charge in [0.05, 0.1) is 13.2 Å². The molecule has 2 aromatic carbocycles. The van der Waals surface area contributed by atoms with Crippen LogP contribution in [0.5, 0.6) is 11.5 Å². The average Bonchev–Trinajstić information content (AvgIpc) is 2.69. The van der Waals surface area contributed by atoms with Crippen molar-refractivity contribution in [1.29, 1.82) is 0 Å². The van der Waals surface area contributed by atoms with Crippen LogP contribution >= 0.6 is 0 Å². The molecule has 0 aliphatic carbocycles. The van der Waals surface area contributed by atoms with Gasteiger partial charge in [0.1, 0.15) is 11.5 Å². The molecule has 0 aliphatic heterocycles. The van der Waals surface area contributed by atoms with E-state index in [4.69, 9.17) is 19.7 Å². The van der Waals surface area contributed by atoms with E-state index in [0.29, 0.717) is 6.61 Å². The van der Waals surface area contributed by atoms with Crippen molar-refractivity contribution in [3.05, 3.63) is 48.5 Å². The fraction of sp³-hybridized carbons (Fsp3) is 0.455. The van der Waals surface area contributed by atoms with Gasteiger partial charge in [0.25, 0.3) is 0 Å². The monoisotopic (exact) mass is 358 g/mol. The van der Waals surface area contributed by atoms with Gasteiger partial charge >= 0.3 is 0 Å². The van der Waals surface area contributed by atoms with Crippen molar-refractivity contribution >= 4 is 0 Å². The molecular formula is C22H30O4. The zero-order valence-corrected chi connectivity index (χ0v) is 15.6. The maximum Gasteiger partial charge on any atom is 0.119 e. The minimum atomic E-state index is -0.0464. The molecular weight excluding hydrogens is 328 g/mol. The molecule has 0 saturated carbocycles. The topological polar surface area (TPSA) is 58.9 Å². The molecule has 0 radical (unpaired) electrons. The fourth-order valence-electron chi connectivity index (χ4n) is 2.62. The number of hydrogen-bond donors (Lipinski definition) is 2. The zero-order chi connectivity index (χ0) is 18.6. The van der Waals surface area contributed by atoms with Gasteiger partial charge in [0.15, 0.2) is 0 Å². The van der Waals surface area contributed by atoms with Crippen molar-refractivity contribution in [2.75, 3.05) is 26.4 Å². The maximum atomic E-state index is 9.04. The molecule has 0 saturated heterocycles. The van der Waals surface area contributed by atoms with E-state index in [1.807, 2.05) is 36.4 Å². The van der Waals surface area contributed by atoms with E-state index in [1.165, 1.54) is 0 Å². The highest BCUT2D eigenvalue weighted by atomic mass is 16.5. The Hall–Kier alpha value is -2.04. The molecule has 0 heterocycles. The summed E-state index contributed by atoms with van der Waals surface area (Å²) in [6.45, 7) is 3.54. The van der Waals surface area contributed by atoms with Gasteiger partial charge in [-0.1, -0.05) is 37.6 Å². The third kappa shape index (κ3) is 6.70. The second-order valence-corrected chi connectivity index (χ2v) is 6.47. The summed E-state index contributed by atoms with van der Waals surface area (Å²) in [7, 11) is 0. The smallest absolute Gasteiger partial charge is 0.119 e. The number of unbranched alkanes of at least 4 members (excludes halogenated alkanes) is 1. The summed E-state index contributed by atoms with van der Waals surface area (Å²) < 4.78 is 11.4. The molecule has 0 spiro atoms. The quantitative estimate of drug-likeness (QED) is 0.556. The molecule has 2 aromatic rings. The standard InChI is InChI=1S/C22H30O4/c1-2-3-14-25-21-10-6-19(7-11-21)20-8-12-22(13-9-20)26-15-4-5-18(16-23)17-24/h6-13,18,23-24H,2-5,14-17H2,1H3. The third-order valence-corrected chi connectivity index (χ3v) is 4.35. The first kappa shape index (κ1) is 20.3. The molecule has 0 amide bonds. The Morgan fingerprint density at radius 2 is 1.19 bits per heavy atom. The van der Waals surface area contributed by atoms with E-state index in [1.54, 1.807) is 0 Å². The van der Waals surface area contributed by atoms with Gasteiger partial charge in [-0.3, -0.25) is 0 Å². The lowest BCUT2D eigenvalue weighted by Gasteiger charge is -2.11. The SMILES string of the molecule is CCCCOc1ccc(-c2ccc(OCCCC(CO)CO)cc2)cc1. The molecule has 0 aliphatic rings. The number of benzene rings is 2. The normalized spacial score (nSPS) is 10.9. The molecule has 142 valence electrons. The van der Waals surface area contributed by atoms with Gasteiger partial charge in [0.2, 0.25) is 0 Å². The van der Waals surface area contributed by atoms with E-state index < -0.39 is 0 Å². The number of hydrogen-bond acceptors (Lipinski definition) is 4. The lowest BCUT2D eigenvalue weighted by atomic mass is 10.1. The Morgan fingerprint density at radius 3 is 1.62 bits per heavy atom. The van der Waals surface area contributed by atoms with Crippen molar-refractivity contribution in [2.45, 2.75) is 32.6 Å². The van der Waals surface area contributed by atoms with Crippen LogP contribution in [0.25, 0.3) is 11.1 Å². The maximum absolute atomic E-state index is 9.04. The third-order valence-electron chi connectivity index (χ3n) is 4.35. The summed E-state index contributed by atoms with van der Waals surface area (Å²) >= 11 is 0. The molecule has 0 bridgehead atoms. The minimum Gasteiger partial charge on any atom is -0.494 e. The van der Waals surface area contributed by atoms with Crippen LogP contribution in [0.1, 0.15) is 32.6 Å². The Balaban J connectivity index is 1.81. The highest BCUT2D eigenvalue weighted by Gasteiger charge is 2.05. The van der Waals surface area contributed by atoms with E-state index in [2.05, 4.69) is 19.1 Å². The van der Waals surface area contributed by atoms with Gasteiger partial charge in [0, 0.05) is 19.1 Å². The van der Waals surface area contributed by atoms with Crippen molar-refractivity contribution in [1.82, 2.24) is 0 Å². The molecule has 0 atom stereocenters. The number of ether oxygens (including phenoxy) is 2. The van der Waals surface area contributed by atoms with Gasteiger partial charge in [-0.05, 0) is 54.7 Å². The molecule has 0 fully saturated rings. The average molecular weight is 358 g/mol.